The van der Waals surface area contributed by atoms with Gasteiger partial charge in [0, 0.05) is 18.9 Å². The first-order chi connectivity index (χ1) is 12.5. The molecule has 0 aliphatic heterocycles. The number of halogens is 1. The average molecular weight is 363 g/mol. The first kappa shape index (κ1) is 18.2. The van der Waals surface area contributed by atoms with E-state index in [-0.39, 0.29) is 23.0 Å². The van der Waals surface area contributed by atoms with E-state index in [0.717, 1.165) is 6.07 Å². The number of carbonyl (C=O) groups is 1. The summed E-state index contributed by atoms with van der Waals surface area (Å²) in [5.74, 6) is -0.841. The molecule has 7 nitrogen and oxygen atoms in total. The van der Waals surface area contributed by atoms with Crippen molar-refractivity contribution in [3.05, 3.63) is 42.2 Å². The minimum Gasteiger partial charge on any atom is -0.493 e. The summed E-state index contributed by atoms with van der Waals surface area (Å²) < 4.78 is 26.4. The van der Waals surface area contributed by atoms with Crippen molar-refractivity contribution in [2.45, 2.75) is 31.5 Å². The monoisotopic (exact) mass is 363 g/mol. The van der Waals surface area contributed by atoms with E-state index in [4.69, 9.17) is 9.47 Å². The molecule has 1 aliphatic carbocycles. The molecular weight excluding hydrogens is 341 g/mol. The van der Waals surface area contributed by atoms with Crippen LogP contribution in [0.15, 0.2) is 30.9 Å². The van der Waals surface area contributed by atoms with E-state index in [1.807, 2.05) is 10.8 Å². The Kier molecular flexibility index (Phi) is 5.41. The lowest BCUT2D eigenvalue weighted by atomic mass is 10.1. The van der Waals surface area contributed by atoms with E-state index in [9.17, 15) is 14.3 Å². The second-order valence-corrected chi connectivity index (χ2v) is 6.40. The Morgan fingerprint density at radius 1 is 1.38 bits per heavy atom. The summed E-state index contributed by atoms with van der Waals surface area (Å²) in [5.41, 5.74) is -0.225. The summed E-state index contributed by atoms with van der Waals surface area (Å²) >= 11 is 0. The van der Waals surface area contributed by atoms with E-state index in [1.165, 1.54) is 20.3 Å². The van der Waals surface area contributed by atoms with Crippen LogP contribution in [0.25, 0.3) is 0 Å². The van der Waals surface area contributed by atoms with Crippen molar-refractivity contribution in [3.8, 4) is 11.5 Å². The number of aliphatic hydroxyl groups is 1. The molecule has 0 saturated heterocycles. The Morgan fingerprint density at radius 3 is 2.85 bits per heavy atom. The van der Waals surface area contributed by atoms with Crippen LogP contribution in [-0.2, 0) is 6.54 Å². The molecular formula is C18H22FN3O4. The first-order valence-electron chi connectivity index (χ1n) is 8.38. The number of amides is 1. The maximum atomic E-state index is 14.2. The Labute approximate surface area is 150 Å². The third-order valence-electron chi connectivity index (χ3n) is 4.69. The van der Waals surface area contributed by atoms with E-state index in [0.29, 0.717) is 19.4 Å². The van der Waals surface area contributed by atoms with Crippen molar-refractivity contribution in [2.24, 2.45) is 5.92 Å². The van der Waals surface area contributed by atoms with E-state index in [2.05, 4.69) is 10.3 Å². The number of hydrogen-bond acceptors (Lipinski definition) is 5. The fourth-order valence-corrected chi connectivity index (χ4v) is 3.47. The predicted octanol–water partition coefficient (Wildman–Crippen LogP) is 1.61. The molecule has 3 atom stereocenters. The van der Waals surface area contributed by atoms with Crippen LogP contribution in [0, 0.1) is 11.7 Å². The van der Waals surface area contributed by atoms with Crippen molar-refractivity contribution in [1.29, 1.82) is 0 Å². The summed E-state index contributed by atoms with van der Waals surface area (Å²) in [6.07, 6.45) is 5.73. The molecule has 1 amide bonds. The van der Waals surface area contributed by atoms with Crippen molar-refractivity contribution < 1.29 is 23.8 Å². The molecule has 3 rings (SSSR count). The minimum atomic E-state index is -0.706. The summed E-state index contributed by atoms with van der Waals surface area (Å²) in [6.45, 7) is 0.709. The van der Waals surface area contributed by atoms with Gasteiger partial charge < -0.3 is 24.5 Å². The van der Waals surface area contributed by atoms with Gasteiger partial charge in [0.25, 0.3) is 5.91 Å². The highest BCUT2D eigenvalue weighted by atomic mass is 19.1. The number of imidazole rings is 1. The molecule has 1 aromatic carbocycles. The highest BCUT2D eigenvalue weighted by Crippen LogP contribution is 2.34. The average Bonchev–Trinajstić information content (AvgIpc) is 3.24. The third kappa shape index (κ3) is 3.65. The topological polar surface area (TPSA) is 85.6 Å². The Balaban J connectivity index is 1.72. The van der Waals surface area contributed by atoms with Gasteiger partial charge in [0.2, 0.25) is 0 Å². The molecule has 1 fully saturated rings. The van der Waals surface area contributed by atoms with Crippen molar-refractivity contribution in [2.75, 3.05) is 14.2 Å². The minimum absolute atomic E-state index is 0.0347. The normalized spacial score (nSPS) is 22.2. The standard InChI is InChI=1S/C18H22FN3O4/c1-25-15-4-3-12(19)16(17(15)26-2)18(24)21-13-7-11(8-14(13)23)9-22-6-5-20-10-22/h3-6,10-11,13-14,23H,7-9H2,1-2H3,(H,21,24)/t11?,13-,14-/m1/s1. The van der Waals surface area contributed by atoms with Crippen LogP contribution < -0.4 is 14.8 Å². The fourth-order valence-electron chi connectivity index (χ4n) is 3.47. The van der Waals surface area contributed by atoms with E-state index >= 15 is 0 Å². The van der Waals surface area contributed by atoms with Crippen LogP contribution in [0.3, 0.4) is 0 Å². The van der Waals surface area contributed by atoms with Gasteiger partial charge in [-0.25, -0.2) is 9.37 Å². The molecule has 1 saturated carbocycles. The number of carbonyl (C=O) groups excluding carboxylic acids is 1. The van der Waals surface area contributed by atoms with Gasteiger partial charge in [0.15, 0.2) is 11.5 Å². The number of aromatic nitrogens is 2. The lowest BCUT2D eigenvalue weighted by Crippen LogP contribution is -2.40. The predicted molar refractivity (Wildman–Crippen MR) is 91.7 cm³/mol. The zero-order chi connectivity index (χ0) is 18.7. The number of nitrogens with zero attached hydrogens (tertiary/aromatic N) is 2. The van der Waals surface area contributed by atoms with Crippen LogP contribution in [0.1, 0.15) is 23.2 Å². The van der Waals surface area contributed by atoms with Gasteiger partial charge in [-0.05, 0) is 30.9 Å². The molecule has 1 unspecified atom stereocenters. The van der Waals surface area contributed by atoms with E-state index < -0.39 is 23.9 Å². The van der Waals surface area contributed by atoms with Crippen molar-refractivity contribution in [1.82, 2.24) is 14.9 Å². The maximum absolute atomic E-state index is 14.2. The van der Waals surface area contributed by atoms with Gasteiger partial charge >= 0.3 is 0 Å². The molecule has 0 spiro atoms. The van der Waals surface area contributed by atoms with Crippen LogP contribution in [-0.4, -0.2) is 46.9 Å². The first-order valence-corrected chi connectivity index (χ1v) is 8.38. The number of nitrogens with one attached hydrogen (secondary N) is 1. The number of ether oxygens (including phenoxy) is 2. The van der Waals surface area contributed by atoms with Crippen LogP contribution in [0.2, 0.25) is 0 Å². The zero-order valence-corrected chi connectivity index (χ0v) is 14.7. The Morgan fingerprint density at radius 2 is 2.19 bits per heavy atom. The maximum Gasteiger partial charge on any atom is 0.258 e. The SMILES string of the molecule is COc1ccc(F)c(C(=O)N[C@@H]2CC(Cn3ccnc3)C[C@H]2O)c1OC. The van der Waals surface area contributed by atoms with Gasteiger partial charge in [0.1, 0.15) is 11.4 Å². The number of rotatable bonds is 6. The van der Waals surface area contributed by atoms with Gasteiger partial charge in [-0.15, -0.1) is 0 Å². The quantitative estimate of drug-likeness (QED) is 0.814. The van der Waals surface area contributed by atoms with Gasteiger partial charge in [-0.2, -0.15) is 0 Å². The highest BCUT2D eigenvalue weighted by Gasteiger charge is 2.35. The highest BCUT2D eigenvalue weighted by molar-refractivity contribution is 5.98. The molecule has 1 aliphatic rings. The zero-order valence-electron chi connectivity index (χ0n) is 14.7. The number of aliphatic hydroxyl groups excluding tert-OH is 1. The molecule has 8 heteroatoms. The smallest absolute Gasteiger partial charge is 0.258 e. The van der Waals surface area contributed by atoms with Crippen molar-refractivity contribution in [3.63, 3.8) is 0 Å². The Bertz CT molecular complexity index is 766. The third-order valence-corrected chi connectivity index (χ3v) is 4.69. The van der Waals surface area contributed by atoms with Crippen LogP contribution in [0.5, 0.6) is 11.5 Å². The van der Waals surface area contributed by atoms with Gasteiger partial charge in [-0.1, -0.05) is 0 Å². The summed E-state index contributed by atoms with van der Waals surface area (Å²) in [4.78, 5) is 16.6. The molecule has 2 N–H and O–H groups in total. The lowest BCUT2D eigenvalue weighted by Gasteiger charge is -2.19. The second kappa shape index (κ2) is 7.74. The molecule has 26 heavy (non-hydrogen) atoms. The summed E-state index contributed by atoms with van der Waals surface area (Å²) in [7, 11) is 2.76. The van der Waals surface area contributed by atoms with Gasteiger partial charge in [-0.3, -0.25) is 4.79 Å². The fraction of sp³-hybridized carbons (Fsp3) is 0.444. The van der Waals surface area contributed by atoms with Crippen LogP contribution >= 0.6 is 0 Å². The number of methoxy groups -OCH3 is 2. The summed E-state index contributed by atoms with van der Waals surface area (Å²) in [6, 6.07) is 2.10. The van der Waals surface area contributed by atoms with Crippen LogP contribution in [0.4, 0.5) is 4.39 Å². The molecule has 0 bridgehead atoms. The molecule has 1 aromatic heterocycles. The largest absolute Gasteiger partial charge is 0.493 e. The number of benzene rings is 1. The summed E-state index contributed by atoms with van der Waals surface area (Å²) in [5, 5.41) is 13.0. The molecule has 140 valence electrons. The molecule has 2 aromatic rings. The van der Waals surface area contributed by atoms with Crippen molar-refractivity contribution >= 4 is 5.91 Å². The second-order valence-electron chi connectivity index (χ2n) is 6.40. The van der Waals surface area contributed by atoms with E-state index in [1.54, 1.807) is 12.5 Å². The Hall–Kier alpha value is -2.61. The molecule has 1 heterocycles. The molecule has 0 radical (unpaired) electrons. The van der Waals surface area contributed by atoms with Gasteiger partial charge in [0.05, 0.1) is 32.7 Å². The number of hydrogen-bond donors (Lipinski definition) is 2. The lowest BCUT2D eigenvalue weighted by molar-refractivity contribution is 0.0865.